The van der Waals surface area contributed by atoms with Crippen LogP contribution in [0.3, 0.4) is 0 Å². The quantitative estimate of drug-likeness (QED) is 0.588. The number of piperidine rings is 1. The van der Waals surface area contributed by atoms with Crippen LogP contribution in [-0.2, 0) is 12.7 Å². The fourth-order valence-corrected chi connectivity index (χ4v) is 4.75. The summed E-state index contributed by atoms with van der Waals surface area (Å²) in [5.74, 6) is 0.656. The number of hydrogen-bond acceptors (Lipinski definition) is 5. The molecule has 1 saturated heterocycles. The summed E-state index contributed by atoms with van der Waals surface area (Å²) in [5.41, 5.74) is -0.554. The fourth-order valence-electron chi connectivity index (χ4n) is 4.44. The van der Waals surface area contributed by atoms with E-state index in [9.17, 15) is 18.0 Å². The lowest BCUT2D eigenvalue weighted by atomic mass is 9.90. The molecule has 1 aromatic carbocycles. The van der Waals surface area contributed by atoms with E-state index in [2.05, 4.69) is 20.2 Å². The van der Waals surface area contributed by atoms with Crippen molar-refractivity contribution in [2.24, 2.45) is 0 Å². The number of amides is 1. The van der Waals surface area contributed by atoms with E-state index < -0.39 is 28.7 Å². The van der Waals surface area contributed by atoms with Gasteiger partial charge in [0.1, 0.15) is 12.0 Å². The molecule has 5 rings (SSSR count). The van der Waals surface area contributed by atoms with Crippen molar-refractivity contribution < 1.29 is 18.0 Å². The molecule has 2 aromatic heterocycles. The van der Waals surface area contributed by atoms with Gasteiger partial charge in [0.05, 0.1) is 28.2 Å². The highest BCUT2D eigenvalue weighted by atomic mass is 35.5. The SMILES string of the molecule is O=C(c1cccc(C(F)(F)F)c1Cl)N1[C@@H]2CCC[C@H]1c1nnc(-c3ccncn3)n1C2. The van der Waals surface area contributed by atoms with E-state index in [1.807, 2.05) is 4.57 Å². The number of alkyl halides is 3. The molecule has 0 spiro atoms. The van der Waals surface area contributed by atoms with Crippen molar-refractivity contribution >= 4 is 17.5 Å². The van der Waals surface area contributed by atoms with E-state index in [-0.39, 0.29) is 11.6 Å². The van der Waals surface area contributed by atoms with Crippen molar-refractivity contribution in [1.82, 2.24) is 29.6 Å². The predicted octanol–water partition coefficient (Wildman–Crippen LogP) is 4.16. The summed E-state index contributed by atoms with van der Waals surface area (Å²) in [7, 11) is 0. The number of carbonyl (C=O) groups excluding carboxylic acids is 1. The lowest BCUT2D eigenvalue weighted by Crippen LogP contribution is -2.52. The van der Waals surface area contributed by atoms with Crippen LogP contribution in [0.1, 0.15) is 47.1 Å². The molecule has 0 saturated carbocycles. The van der Waals surface area contributed by atoms with Crippen molar-refractivity contribution in [1.29, 1.82) is 0 Å². The zero-order chi connectivity index (χ0) is 21.8. The van der Waals surface area contributed by atoms with Gasteiger partial charge in [-0.15, -0.1) is 10.2 Å². The van der Waals surface area contributed by atoms with E-state index >= 15 is 0 Å². The summed E-state index contributed by atoms with van der Waals surface area (Å²) < 4.78 is 41.8. The highest BCUT2D eigenvalue weighted by molar-refractivity contribution is 6.34. The first-order chi connectivity index (χ1) is 14.9. The third-order valence-electron chi connectivity index (χ3n) is 5.79. The zero-order valence-corrected chi connectivity index (χ0v) is 16.8. The first-order valence-electron chi connectivity index (χ1n) is 9.74. The fraction of sp³-hybridized carbons (Fsp3) is 0.350. The highest BCUT2D eigenvalue weighted by Crippen LogP contribution is 2.42. The summed E-state index contributed by atoms with van der Waals surface area (Å²) in [4.78, 5) is 23.2. The second-order valence-electron chi connectivity index (χ2n) is 7.56. The van der Waals surface area contributed by atoms with Crippen LogP contribution >= 0.6 is 11.6 Å². The Labute approximate surface area is 179 Å². The third kappa shape index (κ3) is 3.25. The highest BCUT2D eigenvalue weighted by Gasteiger charge is 2.44. The maximum absolute atomic E-state index is 13.4. The van der Waals surface area contributed by atoms with Gasteiger partial charge in [-0.05, 0) is 37.5 Å². The van der Waals surface area contributed by atoms with Gasteiger partial charge in [-0.1, -0.05) is 17.7 Å². The molecule has 1 amide bonds. The van der Waals surface area contributed by atoms with Crippen LogP contribution in [0, 0.1) is 0 Å². The molecular formula is C20H16ClF3N6O. The maximum atomic E-state index is 13.4. The van der Waals surface area contributed by atoms with Crippen molar-refractivity contribution in [3.05, 3.63) is 58.8 Å². The largest absolute Gasteiger partial charge is 0.417 e. The van der Waals surface area contributed by atoms with Crippen LogP contribution < -0.4 is 0 Å². The normalized spacial score (nSPS) is 20.5. The number of benzene rings is 1. The molecule has 31 heavy (non-hydrogen) atoms. The number of carbonyl (C=O) groups is 1. The van der Waals surface area contributed by atoms with Crippen LogP contribution in [-0.4, -0.2) is 41.6 Å². The number of hydrogen-bond donors (Lipinski definition) is 0. The first-order valence-corrected chi connectivity index (χ1v) is 10.1. The average molecular weight is 449 g/mol. The van der Waals surface area contributed by atoms with Gasteiger partial charge in [0, 0.05) is 12.7 Å². The number of nitrogens with zero attached hydrogens (tertiary/aromatic N) is 6. The van der Waals surface area contributed by atoms with Crippen molar-refractivity contribution in [3.8, 4) is 11.5 Å². The summed E-state index contributed by atoms with van der Waals surface area (Å²) in [6, 6.07) is 4.54. The Kier molecular flexibility index (Phi) is 4.69. The van der Waals surface area contributed by atoms with E-state index in [0.717, 1.165) is 18.9 Å². The number of fused-ring (bicyclic) bond motifs is 4. The standard InChI is InChI=1S/C20H16ClF3N6O/c21-16-12(4-2-5-13(16)20(22,23)24)19(31)30-11-3-1-6-15(30)18-28-27-17(29(18)9-11)14-7-8-25-10-26-14/h2,4-5,7-8,10-11,15H,1,3,6,9H2/t11-,15+/m1/s1. The van der Waals surface area contributed by atoms with Crippen LogP contribution in [0.25, 0.3) is 11.5 Å². The van der Waals surface area contributed by atoms with Gasteiger partial charge in [0.2, 0.25) is 0 Å². The molecule has 3 aromatic rings. The van der Waals surface area contributed by atoms with E-state index in [0.29, 0.717) is 30.3 Å². The molecule has 0 radical (unpaired) electrons. The molecule has 11 heteroatoms. The minimum Gasteiger partial charge on any atom is -0.324 e. The number of rotatable bonds is 2. The van der Waals surface area contributed by atoms with Crippen LogP contribution in [0.2, 0.25) is 5.02 Å². The molecule has 2 aliphatic rings. The molecule has 2 bridgehead atoms. The van der Waals surface area contributed by atoms with Crippen molar-refractivity contribution in [2.45, 2.75) is 44.1 Å². The minimum absolute atomic E-state index is 0.155. The van der Waals surface area contributed by atoms with Gasteiger partial charge in [-0.25, -0.2) is 9.97 Å². The van der Waals surface area contributed by atoms with Crippen molar-refractivity contribution in [2.75, 3.05) is 0 Å². The average Bonchev–Trinajstić information content (AvgIpc) is 3.16. The summed E-state index contributed by atoms with van der Waals surface area (Å²) in [5, 5.41) is 8.00. The van der Waals surface area contributed by atoms with E-state index in [4.69, 9.17) is 11.6 Å². The molecule has 7 nitrogen and oxygen atoms in total. The molecule has 1 fully saturated rings. The second-order valence-corrected chi connectivity index (χ2v) is 7.94. The molecule has 2 atom stereocenters. The lowest BCUT2D eigenvalue weighted by molar-refractivity contribution is -0.137. The molecule has 0 unspecified atom stereocenters. The van der Waals surface area contributed by atoms with Gasteiger partial charge in [0.25, 0.3) is 5.91 Å². The molecule has 0 N–H and O–H groups in total. The topological polar surface area (TPSA) is 76.8 Å². The Hall–Kier alpha value is -3.01. The predicted molar refractivity (Wildman–Crippen MR) is 104 cm³/mol. The van der Waals surface area contributed by atoms with Gasteiger partial charge in [0.15, 0.2) is 11.6 Å². The van der Waals surface area contributed by atoms with Crippen LogP contribution in [0.15, 0.2) is 36.8 Å². The molecule has 4 heterocycles. The monoisotopic (exact) mass is 448 g/mol. The minimum atomic E-state index is -4.64. The van der Waals surface area contributed by atoms with E-state index in [1.54, 1.807) is 17.2 Å². The van der Waals surface area contributed by atoms with Crippen LogP contribution in [0.5, 0.6) is 0 Å². The van der Waals surface area contributed by atoms with Gasteiger partial charge in [-0.2, -0.15) is 13.2 Å². The Balaban J connectivity index is 1.55. The smallest absolute Gasteiger partial charge is 0.324 e. The first kappa shape index (κ1) is 19.9. The van der Waals surface area contributed by atoms with Crippen molar-refractivity contribution in [3.63, 3.8) is 0 Å². The molecular weight excluding hydrogens is 433 g/mol. The number of halogens is 4. The zero-order valence-electron chi connectivity index (χ0n) is 16.1. The Morgan fingerprint density at radius 3 is 2.74 bits per heavy atom. The van der Waals surface area contributed by atoms with Gasteiger partial charge < -0.3 is 9.47 Å². The lowest BCUT2D eigenvalue weighted by Gasteiger charge is -2.45. The molecule has 0 aliphatic carbocycles. The summed E-state index contributed by atoms with van der Waals surface area (Å²) in [6.45, 7) is 0.431. The Bertz CT molecular complexity index is 1150. The Morgan fingerprint density at radius 2 is 2.00 bits per heavy atom. The second kappa shape index (κ2) is 7.30. The third-order valence-corrected chi connectivity index (χ3v) is 6.20. The molecule has 2 aliphatic heterocycles. The maximum Gasteiger partial charge on any atom is 0.417 e. The summed E-state index contributed by atoms with van der Waals surface area (Å²) in [6.07, 6.45) is 0.633. The number of aromatic nitrogens is 5. The van der Waals surface area contributed by atoms with Gasteiger partial charge in [-0.3, -0.25) is 4.79 Å². The van der Waals surface area contributed by atoms with Gasteiger partial charge >= 0.3 is 6.18 Å². The van der Waals surface area contributed by atoms with E-state index in [1.165, 1.54) is 18.5 Å². The summed E-state index contributed by atoms with van der Waals surface area (Å²) >= 11 is 6.03. The van der Waals surface area contributed by atoms with Crippen LogP contribution in [0.4, 0.5) is 13.2 Å². The molecule has 160 valence electrons. The Morgan fingerprint density at radius 1 is 1.16 bits per heavy atom.